The molecule has 1 fully saturated rings. The number of rotatable bonds is 5. The van der Waals surface area contributed by atoms with Crippen molar-refractivity contribution < 1.29 is 14.5 Å². The molecule has 2 atom stereocenters. The molecular weight excluding hydrogens is 288 g/mol. The molecule has 0 bridgehead atoms. The Bertz CT molecular complexity index is 596. The molecule has 1 aliphatic rings. The van der Waals surface area contributed by atoms with Gasteiger partial charge in [0.25, 0.3) is 5.91 Å². The van der Waals surface area contributed by atoms with Crippen LogP contribution in [0.25, 0.3) is 0 Å². The van der Waals surface area contributed by atoms with Gasteiger partial charge < -0.3 is 9.64 Å². The van der Waals surface area contributed by atoms with E-state index < -0.39 is 10.8 Å². The van der Waals surface area contributed by atoms with E-state index in [2.05, 4.69) is 10.2 Å². The first kappa shape index (κ1) is 16.4. The first-order chi connectivity index (χ1) is 10.2. The normalized spacial score (nSPS) is 23.0. The van der Waals surface area contributed by atoms with Crippen LogP contribution < -0.4 is 0 Å². The number of carbonyl (C=O) groups is 1. The molecule has 122 valence electrons. The Hall–Kier alpha value is -1.96. The number of hydrogen-bond donors (Lipinski definition) is 1. The summed E-state index contributed by atoms with van der Waals surface area (Å²) in [5.41, 5.74) is -0.307. The Kier molecular flexibility index (Phi) is 4.23. The maximum atomic E-state index is 12.6. The number of H-pyrrole nitrogens is 1. The third kappa shape index (κ3) is 2.47. The Labute approximate surface area is 129 Å². The van der Waals surface area contributed by atoms with Crippen LogP contribution in [0.2, 0.25) is 0 Å². The van der Waals surface area contributed by atoms with Gasteiger partial charge in [0.2, 0.25) is 5.69 Å². The minimum atomic E-state index is -0.575. The first-order valence-electron chi connectivity index (χ1n) is 7.29. The van der Waals surface area contributed by atoms with Crippen molar-refractivity contribution in [3.8, 4) is 0 Å². The zero-order valence-electron chi connectivity index (χ0n) is 13.5. The van der Waals surface area contributed by atoms with Gasteiger partial charge >= 0.3 is 5.69 Å². The van der Waals surface area contributed by atoms with E-state index in [1.54, 1.807) is 7.05 Å². The second kappa shape index (κ2) is 5.68. The zero-order chi connectivity index (χ0) is 16.7. The van der Waals surface area contributed by atoms with Crippen LogP contribution in [0, 0.1) is 22.5 Å². The average molecular weight is 310 g/mol. The SMILES string of the molecule is CCO[C@@H]1C[C@H](N(C)C(=O)c2n[nH]c(C)c2[N+](=O)[O-])C1(C)C. The molecule has 1 aromatic rings. The molecule has 0 spiro atoms. The maximum Gasteiger partial charge on any atom is 0.322 e. The Balaban J connectivity index is 2.20. The molecule has 1 aliphatic carbocycles. The van der Waals surface area contributed by atoms with E-state index in [0.717, 1.165) is 6.42 Å². The second-order valence-corrected chi connectivity index (χ2v) is 6.24. The van der Waals surface area contributed by atoms with Crippen LogP contribution in [0.15, 0.2) is 0 Å². The molecule has 0 unspecified atom stereocenters. The summed E-state index contributed by atoms with van der Waals surface area (Å²) in [5.74, 6) is -0.441. The summed E-state index contributed by atoms with van der Waals surface area (Å²) >= 11 is 0. The van der Waals surface area contributed by atoms with Gasteiger partial charge in [-0.15, -0.1) is 0 Å². The second-order valence-electron chi connectivity index (χ2n) is 6.24. The molecule has 22 heavy (non-hydrogen) atoms. The van der Waals surface area contributed by atoms with E-state index in [1.165, 1.54) is 11.8 Å². The average Bonchev–Trinajstić information content (AvgIpc) is 2.83. The fraction of sp³-hybridized carbons (Fsp3) is 0.714. The molecule has 1 N–H and O–H groups in total. The molecule has 0 aromatic carbocycles. The number of carbonyl (C=O) groups excluding carboxylic acids is 1. The number of nitrogens with one attached hydrogen (secondary N) is 1. The fourth-order valence-electron chi connectivity index (χ4n) is 3.11. The highest BCUT2D eigenvalue weighted by atomic mass is 16.6. The molecule has 1 amide bonds. The van der Waals surface area contributed by atoms with E-state index in [9.17, 15) is 14.9 Å². The number of aryl methyl sites for hydroxylation is 1. The van der Waals surface area contributed by atoms with E-state index in [1.807, 2.05) is 20.8 Å². The predicted molar refractivity (Wildman–Crippen MR) is 79.7 cm³/mol. The summed E-state index contributed by atoms with van der Waals surface area (Å²) in [6, 6.07) is -0.0341. The monoisotopic (exact) mass is 310 g/mol. The van der Waals surface area contributed by atoms with Gasteiger partial charge in [0.05, 0.1) is 11.0 Å². The molecule has 0 aliphatic heterocycles. The van der Waals surface area contributed by atoms with Crippen LogP contribution in [-0.4, -0.2) is 51.7 Å². The van der Waals surface area contributed by atoms with Crippen molar-refractivity contribution in [3.05, 3.63) is 21.5 Å². The van der Waals surface area contributed by atoms with Crippen molar-refractivity contribution in [2.45, 2.75) is 46.3 Å². The highest BCUT2D eigenvalue weighted by molar-refractivity contribution is 5.96. The van der Waals surface area contributed by atoms with Crippen molar-refractivity contribution in [1.29, 1.82) is 0 Å². The highest BCUT2D eigenvalue weighted by Crippen LogP contribution is 2.45. The van der Waals surface area contributed by atoms with Crippen molar-refractivity contribution in [3.63, 3.8) is 0 Å². The van der Waals surface area contributed by atoms with Gasteiger partial charge in [-0.2, -0.15) is 5.10 Å². The van der Waals surface area contributed by atoms with Gasteiger partial charge in [0.1, 0.15) is 5.69 Å². The van der Waals surface area contributed by atoms with E-state index in [0.29, 0.717) is 6.61 Å². The molecule has 8 heteroatoms. The third-order valence-corrected chi connectivity index (χ3v) is 4.58. The summed E-state index contributed by atoms with van der Waals surface area (Å²) in [6.07, 6.45) is 0.814. The highest BCUT2D eigenvalue weighted by Gasteiger charge is 2.52. The summed E-state index contributed by atoms with van der Waals surface area (Å²) in [6.45, 7) is 8.17. The summed E-state index contributed by atoms with van der Waals surface area (Å²) in [7, 11) is 1.66. The number of nitro groups is 1. The van der Waals surface area contributed by atoms with Gasteiger partial charge in [0, 0.05) is 25.1 Å². The van der Waals surface area contributed by atoms with E-state index >= 15 is 0 Å². The van der Waals surface area contributed by atoms with Crippen molar-refractivity contribution in [2.75, 3.05) is 13.7 Å². The molecule has 0 radical (unpaired) electrons. The molecule has 1 saturated carbocycles. The smallest absolute Gasteiger partial charge is 0.322 e. The van der Waals surface area contributed by atoms with Crippen LogP contribution >= 0.6 is 0 Å². The lowest BCUT2D eigenvalue weighted by molar-refractivity contribution is -0.385. The van der Waals surface area contributed by atoms with Crippen molar-refractivity contribution >= 4 is 11.6 Å². The molecular formula is C14H22N4O4. The van der Waals surface area contributed by atoms with Gasteiger partial charge in [-0.05, 0) is 20.3 Å². The number of aromatic nitrogens is 2. The molecule has 8 nitrogen and oxygen atoms in total. The van der Waals surface area contributed by atoms with Crippen LogP contribution in [0.1, 0.15) is 43.4 Å². The summed E-state index contributed by atoms with van der Waals surface area (Å²) in [4.78, 5) is 24.6. The van der Waals surface area contributed by atoms with Gasteiger partial charge in [-0.25, -0.2) is 0 Å². The Morgan fingerprint density at radius 2 is 2.23 bits per heavy atom. The molecule has 2 rings (SSSR count). The van der Waals surface area contributed by atoms with Crippen LogP contribution in [0.3, 0.4) is 0 Å². The largest absolute Gasteiger partial charge is 0.378 e. The summed E-state index contributed by atoms with van der Waals surface area (Å²) < 4.78 is 5.66. The summed E-state index contributed by atoms with van der Waals surface area (Å²) in [5, 5.41) is 17.4. The topological polar surface area (TPSA) is 101 Å². The zero-order valence-corrected chi connectivity index (χ0v) is 13.5. The lowest BCUT2D eigenvalue weighted by Gasteiger charge is -2.54. The number of hydrogen-bond acceptors (Lipinski definition) is 5. The lowest BCUT2D eigenvalue weighted by atomic mass is 9.63. The van der Waals surface area contributed by atoms with Gasteiger partial charge in [-0.3, -0.25) is 20.0 Å². The van der Waals surface area contributed by atoms with Crippen LogP contribution in [0.5, 0.6) is 0 Å². The van der Waals surface area contributed by atoms with Crippen LogP contribution in [-0.2, 0) is 4.74 Å². The van der Waals surface area contributed by atoms with Crippen LogP contribution in [0.4, 0.5) is 5.69 Å². The van der Waals surface area contributed by atoms with Crippen molar-refractivity contribution in [2.24, 2.45) is 5.41 Å². The third-order valence-electron chi connectivity index (χ3n) is 4.58. The van der Waals surface area contributed by atoms with E-state index in [-0.39, 0.29) is 34.6 Å². The molecule has 0 saturated heterocycles. The number of ether oxygens (including phenoxy) is 1. The number of aromatic amines is 1. The van der Waals surface area contributed by atoms with Crippen molar-refractivity contribution in [1.82, 2.24) is 15.1 Å². The van der Waals surface area contributed by atoms with Gasteiger partial charge in [-0.1, -0.05) is 13.8 Å². The number of nitrogens with zero attached hydrogens (tertiary/aromatic N) is 3. The van der Waals surface area contributed by atoms with Gasteiger partial charge in [0.15, 0.2) is 0 Å². The number of amides is 1. The molecule has 1 aromatic heterocycles. The minimum Gasteiger partial charge on any atom is -0.378 e. The quantitative estimate of drug-likeness (QED) is 0.661. The molecule has 1 heterocycles. The first-order valence-corrected chi connectivity index (χ1v) is 7.29. The Morgan fingerprint density at radius 1 is 1.59 bits per heavy atom. The standard InChI is InChI=1S/C14H22N4O4/c1-6-22-10-7-9(14(10,3)4)17(5)13(19)11-12(18(20)21)8(2)15-16-11/h9-10H,6-7H2,1-5H3,(H,15,16)/t9-,10+/m0/s1. The Morgan fingerprint density at radius 3 is 2.73 bits per heavy atom. The fourth-order valence-corrected chi connectivity index (χ4v) is 3.11. The minimum absolute atomic E-state index is 0.0341. The maximum absolute atomic E-state index is 12.6. The lowest BCUT2D eigenvalue weighted by Crippen LogP contribution is -2.62. The predicted octanol–water partition coefficient (Wildman–Crippen LogP) is 1.90. The van der Waals surface area contributed by atoms with E-state index in [4.69, 9.17) is 4.74 Å².